The molecule has 0 spiro atoms. The van der Waals surface area contributed by atoms with Crippen LogP contribution in [-0.2, 0) is 14.8 Å². The lowest BCUT2D eigenvalue weighted by molar-refractivity contribution is -0.117. The molecular weight excluding hydrogens is 424 g/mol. The van der Waals surface area contributed by atoms with Gasteiger partial charge in [0.15, 0.2) is 0 Å². The standard InChI is InChI=1S/C21H27ClN4O3S/c1-16-8-9-17(14-20(16)30(28,29)24(2)3)23-21(27)15-25-10-12-26(13-11-25)19-7-5-4-6-18(19)22/h4-9,14H,10-13,15H2,1-3H3,(H,23,27). The Morgan fingerprint density at radius 3 is 2.40 bits per heavy atom. The van der Waals surface area contributed by atoms with Gasteiger partial charge >= 0.3 is 0 Å². The van der Waals surface area contributed by atoms with Crippen molar-refractivity contribution < 1.29 is 13.2 Å². The van der Waals surface area contributed by atoms with Crippen LogP contribution in [0.2, 0.25) is 5.02 Å². The van der Waals surface area contributed by atoms with Crippen LogP contribution in [0.15, 0.2) is 47.4 Å². The molecule has 2 aromatic carbocycles. The first-order valence-corrected chi connectivity index (χ1v) is 11.5. The SMILES string of the molecule is Cc1ccc(NC(=O)CN2CCN(c3ccccc3Cl)CC2)cc1S(=O)(=O)N(C)C. The van der Waals surface area contributed by atoms with Gasteiger partial charge in [-0.1, -0.05) is 29.8 Å². The fraction of sp³-hybridized carbons (Fsp3) is 0.381. The molecule has 1 saturated heterocycles. The number of hydrogen-bond donors (Lipinski definition) is 1. The number of halogens is 1. The minimum absolute atomic E-state index is 0.168. The van der Waals surface area contributed by atoms with Crippen molar-refractivity contribution in [2.45, 2.75) is 11.8 Å². The van der Waals surface area contributed by atoms with Gasteiger partial charge in [0.1, 0.15) is 0 Å². The molecule has 0 bridgehead atoms. The lowest BCUT2D eigenvalue weighted by Crippen LogP contribution is -2.48. The number of hydrogen-bond acceptors (Lipinski definition) is 5. The summed E-state index contributed by atoms with van der Waals surface area (Å²) in [4.78, 5) is 17.0. The van der Waals surface area contributed by atoms with E-state index in [2.05, 4.69) is 15.1 Å². The monoisotopic (exact) mass is 450 g/mol. The average Bonchev–Trinajstić information content (AvgIpc) is 2.70. The zero-order valence-corrected chi connectivity index (χ0v) is 19.0. The molecule has 0 radical (unpaired) electrons. The predicted octanol–water partition coefficient (Wildman–Crippen LogP) is 2.66. The van der Waals surface area contributed by atoms with E-state index in [1.54, 1.807) is 19.1 Å². The van der Waals surface area contributed by atoms with Crippen LogP contribution >= 0.6 is 11.6 Å². The third-order valence-electron chi connectivity index (χ3n) is 5.16. The van der Waals surface area contributed by atoms with Crippen molar-refractivity contribution in [3.05, 3.63) is 53.1 Å². The Bertz CT molecular complexity index is 1020. The van der Waals surface area contributed by atoms with Crippen LogP contribution in [0.1, 0.15) is 5.56 Å². The fourth-order valence-corrected chi connectivity index (χ4v) is 4.81. The van der Waals surface area contributed by atoms with Crippen molar-refractivity contribution in [1.29, 1.82) is 0 Å². The molecule has 2 aromatic rings. The summed E-state index contributed by atoms with van der Waals surface area (Å²) >= 11 is 6.28. The van der Waals surface area contributed by atoms with Crippen LogP contribution in [0.5, 0.6) is 0 Å². The van der Waals surface area contributed by atoms with Crippen molar-refractivity contribution in [3.63, 3.8) is 0 Å². The second kappa shape index (κ2) is 9.34. The highest BCUT2D eigenvalue weighted by molar-refractivity contribution is 7.89. The van der Waals surface area contributed by atoms with Gasteiger partial charge in [-0.15, -0.1) is 0 Å². The van der Waals surface area contributed by atoms with E-state index in [9.17, 15) is 13.2 Å². The smallest absolute Gasteiger partial charge is 0.242 e. The number of anilines is 2. The molecule has 1 aliphatic rings. The molecular formula is C21H27ClN4O3S. The third-order valence-corrected chi connectivity index (χ3v) is 7.44. The highest BCUT2D eigenvalue weighted by Crippen LogP contribution is 2.26. The normalized spacial score (nSPS) is 15.4. The van der Waals surface area contributed by atoms with E-state index in [0.717, 1.165) is 36.9 Å². The molecule has 1 N–H and O–H groups in total. The Morgan fingerprint density at radius 1 is 1.10 bits per heavy atom. The highest BCUT2D eigenvalue weighted by atomic mass is 35.5. The van der Waals surface area contributed by atoms with E-state index in [1.807, 2.05) is 24.3 Å². The van der Waals surface area contributed by atoms with Crippen LogP contribution in [-0.4, -0.2) is 70.3 Å². The summed E-state index contributed by atoms with van der Waals surface area (Å²) in [6.07, 6.45) is 0. The molecule has 30 heavy (non-hydrogen) atoms. The van der Waals surface area contributed by atoms with Crippen LogP contribution in [0.25, 0.3) is 0 Å². The van der Waals surface area contributed by atoms with Gasteiger partial charge in [-0.05, 0) is 36.8 Å². The summed E-state index contributed by atoms with van der Waals surface area (Å²) in [6, 6.07) is 12.7. The first-order chi connectivity index (χ1) is 14.2. The van der Waals surface area contributed by atoms with Crippen molar-refractivity contribution >= 4 is 38.9 Å². The Labute approximate surface area is 183 Å². The van der Waals surface area contributed by atoms with Crippen molar-refractivity contribution in [3.8, 4) is 0 Å². The van der Waals surface area contributed by atoms with E-state index in [1.165, 1.54) is 24.5 Å². The molecule has 0 unspecified atom stereocenters. The highest BCUT2D eigenvalue weighted by Gasteiger charge is 2.22. The van der Waals surface area contributed by atoms with Gasteiger partial charge in [0.25, 0.3) is 0 Å². The lowest BCUT2D eigenvalue weighted by Gasteiger charge is -2.36. The molecule has 7 nitrogen and oxygen atoms in total. The summed E-state index contributed by atoms with van der Waals surface area (Å²) in [6.45, 7) is 5.04. The molecule has 1 fully saturated rings. The number of rotatable bonds is 6. The number of carbonyl (C=O) groups is 1. The quantitative estimate of drug-likeness (QED) is 0.732. The number of amides is 1. The molecule has 162 valence electrons. The predicted molar refractivity (Wildman–Crippen MR) is 121 cm³/mol. The van der Waals surface area contributed by atoms with Crippen molar-refractivity contribution in [1.82, 2.24) is 9.21 Å². The summed E-state index contributed by atoms with van der Waals surface area (Å²) in [7, 11) is -0.597. The molecule has 1 heterocycles. The second-order valence-corrected chi connectivity index (χ2v) is 10.1. The van der Waals surface area contributed by atoms with Crippen LogP contribution < -0.4 is 10.2 Å². The molecule has 0 aliphatic carbocycles. The third kappa shape index (κ3) is 5.13. The molecule has 9 heteroatoms. The van der Waals surface area contributed by atoms with E-state index in [0.29, 0.717) is 11.3 Å². The van der Waals surface area contributed by atoms with Gasteiger partial charge in [-0.3, -0.25) is 9.69 Å². The maximum Gasteiger partial charge on any atom is 0.242 e. The topological polar surface area (TPSA) is 73.0 Å². The maximum atomic E-state index is 12.5. The number of para-hydroxylation sites is 1. The van der Waals surface area contributed by atoms with Crippen molar-refractivity contribution in [2.24, 2.45) is 0 Å². The minimum Gasteiger partial charge on any atom is -0.368 e. The van der Waals surface area contributed by atoms with E-state index >= 15 is 0 Å². The summed E-state index contributed by atoms with van der Waals surface area (Å²) in [5, 5.41) is 3.55. The van der Waals surface area contributed by atoms with Gasteiger partial charge < -0.3 is 10.2 Å². The Hall–Kier alpha value is -2.13. The largest absolute Gasteiger partial charge is 0.368 e. The molecule has 1 aliphatic heterocycles. The summed E-state index contributed by atoms with van der Waals surface area (Å²) < 4.78 is 26.1. The second-order valence-electron chi connectivity index (χ2n) is 7.53. The Kier molecular flexibility index (Phi) is 7.02. The number of piperazine rings is 1. The Balaban J connectivity index is 1.59. The zero-order valence-electron chi connectivity index (χ0n) is 17.4. The molecule has 0 atom stereocenters. The lowest BCUT2D eigenvalue weighted by atomic mass is 10.2. The summed E-state index contributed by atoms with van der Waals surface area (Å²) in [5.74, 6) is -0.168. The van der Waals surface area contributed by atoms with E-state index in [4.69, 9.17) is 11.6 Å². The van der Waals surface area contributed by atoms with Gasteiger partial charge in [-0.2, -0.15) is 0 Å². The summed E-state index contributed by atoms with van der Waals surface area (Å²) in [5.41, 5.74) is 2.12. The first-order valence-electron chi connectivity index (χ1n) is 9.73. The Morgan fingerprint density at radius 2 is 1.77 bits per heavy atom. The van der Waals surface area contributed by atoms with E-state index < -0.39 is 10.0 Å². The number of nitrogens with one attached hydrogen (secondary N) is 1. The number of sulfonamides is 1. The first kappa shape index (κ1) is 22.6. The fourth-order valence-electron chi connectivity index (χ4n) is 3.41. The van der Waals surface area contributed by atoms with E-state index in [-0.39, 0.29) is 17.3 Å². The zero-order chi connectivity index (χ0) is 21.9. The van der Waals surface area contributed by atoms with Gasteiger partial charge in [0.05, 0.1) is 22.2 Å². The molecule has 0 aromatic heterocycles. The molecule has 0 saturated carbocycles. The van der Waals surface area contributed by atoms with Crippen LogP contribution in [0.3, 0.4) is 0 Å². The van der Waals surface area contributed by atoms with Crippen LogP contribution in [0.4, 0.5) is 11.4 Å². The molecule has 3 rings (SSSR count). The molecule has 1 amide bonds. The van der Waals surface area contributed by atoms with Crippen molar-refractivity contribution in [2.75, 3.05) is 57.0 Å². The minimum atomic E-state index is -3.57. The average molecular weight is 451 g/mol. The van der Waals surface area contributed by atoms with Crippen LogP contribution in [0, 0.1) is 6.92 Å². The van der Waals surface area contributed by atoms with Gasteiger partial charge in [0, 0.05) is 46.0 Å². The van der Waals surface area contributed by atoms with Gasteiger partial charge in [0.2, 0.25) is 15.9 Å². The number of benzene rings is 2. The maximum absolute atomic E-state index is 12.5. The number of nitrogens with zero attached hydrogens (tertiary/aromatic N) is 3. The van der Waals surface area contributed by atoms with Gasteiger partial charge in [-0.25, -0.2) is 12.7 Å². The number of aryl methyl sites for hydroxylation is 1. The number of carbonyl (C=O) groups excluding carboxylic acids is 1.